The standard InChI is InChI=1S/C17H15N3O2/c21-17(22)13-7-1-2-8-14(13)19-16(20-11-5-6-12-20)15-9-3-4-10-18-15/h1-12,16,19H,(H,21,22). The Morgan fingerprint density at radius 3 is 2.45 bits per heavy atom. The van der Waals surface area contributed by atoms with Crippen LogP contribution in [0.15, 0.2) is 73.2 Å². The average molecular weight is 293 g/mol. The van der Waals surface area contributed by atoms with Gasteiger partial charge in [0.25, 0.3) is 0 Å². The maximum absolute atomic E-state index is 11.4. The molecule has 0 aliphatic heterocycles. The molecule has 3 aromatic rings. The van der Waals surface area contributed by atoms with Crippen molar-refractivity contribution < 1.29 is 9.90 Å². The van der Waals surface area contributed by atoms with Gasteiger partial charge in [-0.1, -0.05) is 18.2 Å². The molecule has 0 aliphatic rings. The predicted molar refractivity (Wildman–Crippen MR) is 83.8 cm³/mol. The summed E-state index contributed by atoms with van der Waals surface area (Å²) >= 11 is 0. The van der Waals surface area contributed by atoms with E-state index in [0.717, 1.165) is 5.69 Å². The van der Waals surface area contributed by atoms with E-state index in [1.807, 2.05) is 47.3 Å². The summed E-state index contributed by atoms with van der Waals surface area (Å²) in [6.45, 7) is 0. The van der Waals surface area contributed by atoms with Gasteiger partial charge in [0.1, 0.15) is 6.17 Å². The molecule has 5 heteroatoms. The predicted octanol–water partition coefficient (Wildman–Crippen LogP) is 3.24. The molecular formula is C17H15N3O2. The fourth-order valence-corrected chi connectivity index (χ4v) is 2.30. The number of carbonyl (C=O) groups is 1. The monoisotopic (exact) mass is 293 g/mol. The number of aromatic carboxylic acids is 1. The maximum atomic E-state index is 11.4. The van der Waals surface area contributed by atoms with Crippen molar-refractivity contribution in [2.24, 2.45) is 0 Å². The fraction of sp³-hybridized carbons (Fsp3) is 0.0588. The zero-order valence-electron chi connectivity index (χ0n) is 11.8. The lowest BCUT2D eigenvalue weighted by molar-refractivity contribution is 0.0698. The summed E-state index contributed by atoms with van der Waals surface area (Å²) < 4.78 is 1.95. The van der Waals surface area contributed by atoms with E-state index >= 15 is 0 Å². The highest BCUT2D eigenvalue weighted by Gasteiger charge is 2.17. The molecule has 0 amide bonds. The summed E-state index contributed by atoms with van der Waals surface area (Å²) in [5.74, 6) is -0.963. The number of rotatable bonds is 5. The van der Waals surface area contributed by atoms with Gasteiger partial charge in [0.15, 0.2) is 0 Å². The lowest BCUT2D eigenvalue weighted by Crippen LogP contribution is -2.20. The summed E-state index contributed by atoms with van der Waals surface area (Å²) in [7, 11) is 0. The summed E-state index contributed by atoms with van der Waals surface area (Å²) in [6.07, 6.45) is 5.26. The second kappa shape index (κ2) is 6.13. The van der Waals surface area contributed by atoms with Crippen LogP contribution < -0.4 is 5.32 Å². The van der Waals surface area contributed by atoms with Gasteiger partial charge in [-0.25, -0.2) is 4.79 Å². The third kappa shape index (κ3) is 2.83. The van der Waals surface area contributed by atoms with E-state index < -0.39 is 5.97 Å². The minimum Gasteiger partial charge on any atom is -0.478 e. The maximum Gasteiger partial charge on any atom is 0.337 e. The molecule has 0 radical (unpaired) electrons. The number of aromatic nitrogens is 2. The van der Waals surface area contributed by atoms with E-state index in [0.29, 0.717) is 5.69 Å². The van der Waals surface area contributed by atoms with Crippen LogP contribution >= 0.6 is 0 Å². The lowest BCUT2D eigenvalue weighted by Gasteiger charge is -2.22. The molecule has 0 spiro atoms. The summed E-state index contributed by atoms with van der Waals surface area (Å²) in [4.78, 5) is 15.7. The van der Waals surface area contributed by atoms with Crippen LogP contribution in [0.25, 0.3) is 0 Å². The average Bonchev–Trinajstić information content (AvgIpc) is 3.08. The molecule has 1 unspecified atom stereocenters. The third-order valence-electron chi connectivity index (χ3n) is 3.34. The van der Waals surface area contributed by atoms with Gasteiger partial charge in [0.2, 0.25) is 0 Å². The summed E-state index contributed by atoms with van der Waals surface area (Å²) in [5.41, 5.74) is 1.59. The van der Waals surface area contributed by atoms with Crippen molar-refractivity contribution in [2.75, 3.05) is 5.32 Å². The summed E-state index contributed by atoms with van der Waals surface area (Å²) in [6, 6.07) is 16.3. The van der Waals surface area contributed by atoms with Crippen molar-refractivity contribution in [1.29, 1.82) is 0 Å². The van der Waals surface area contributed by atoms with Crippen LogP contribution in [0.5, 0.6) is 0 Å². The van der Waals surface area contributed by atoms with Crippen LogP contribution in [0.3, 0.4) is 0 Å². The van der Waals surface area contributed by atoms with Crippen molar-refractivity contribution in [3.8, 4) is 0 Å². The molecule has 3 rings (SSSR count). The Morgan fingerprint density at radius 1 is 1.05 bits per heavy atom. The molecule has 2 N–H and O–H groups in total. The number of anilines is 1. The summed E-state index contributed by atoms with van der Waals surface area (Å²) in [5, 5.41) is 12.6. The molecule has 0 fully saturated rings. The van der Waals surface area contributed by atoms with Crippen LogP contribution in [0.2, 0.25) is 0 Å². The van der Waals surface area contributed by atoms with Gasteiger partial charge in [-0.05, 0) is 36.4 Å². The number of carboxylic acids is 1. The normalized spacial score (nSPS) is 11.8. The van der Waals surface area contributed by atoms with E-state index in [2.05, 4.69) is 10.3 Å². The molecule has 0 bridgehead atoms. The number of carboxylic acid groups (broad SMARTS) is 1. The number of hydrogen-bond acceptors (Lipinski definition) is 3. The molecule has 1 atom stereocenters. The number of para-hydroxylation sites is 1. The van der Waals surface area contributed by atoms with E-state index in [1.54, 1.807) is 30.5 Å². The van der Waals surface area contributed by atoms with E-state index in [9.17, 15) is 9.90 Å². The zero-order valence-corrected chi connectivity index (χ0v) is 11.8. The molecule has 22 heavy (non-hydrogen) atoms. The largest absolute Gasteiger partial charge is 0.478 e. The Hall–Kier alpha value is -3.08. The number of nitrogens with zero attached hydrogens (tertiary/aromatic N) is 2. The van der Waals surface area contributed by atoms with Gasteiger partial charge in [-0.3, -0.25) is 4.98 Å². The first-order chi connectivity index (χ1) is 10.8. The van der Waals surface area contributed by atoms with Gasteiger partial charge >= 0.3 is 5.97 Å². The first-order valence-corrected chi connectivity index (χ1v) is 6.88. The molecule has 2 aromatic heterocycles. The Labute approximate surface area is 127 Å². The topological polar surface area (TPSA) is 67.2 Å². The van der Waals surface area contributed by atoms with Crippen LogP contribution in [-0.2, 0) is 0 Å². The molecule has 110 valence electrons. The quantitative estimate of drug-likeness (QED) is 0.758. The van der Waals surface area contributed by atoms with Crippen LogP contribution in [-0.4, -0.2) is 20.6 Å². The van der Waals surface area contributed by atoms with E-state index in [4.69, 9.17) is 0 Å². The Morgan fingerprint density at radius 2 is 1.77 bits per heavy atom. The second-order valence-corrected chi connectivity index (χ2v) is 4.78. The van der Waals surface area contributed by atoms with Crippen LogP contribution in [0.1, 0.15) is 22.2 Å². The molecule has 0 saturated carbocycles. The molecule has 0 saturated heterocycles. The molecular weight excluding hydrogens is 278 g/mol. The van der Waals surface area contributed by atoms with Gasteiger partial charge in [-0.15, -0.1) is 0 Å². The highest BCUT2D eigenvalue weighted by molar-refractivity contribution is 5.94. The number of pyridine rings is 1. The first kappa shape index (κ1) is 13.9. The van der Waals surface area contributed by atoms with Gasteiger partial charge < -0.3 is 15.0 Å². The van der Waals surface area contributed by atoms with Crippen molar-refractivity contribution in [1.82, 2.24) is 9.55 Å². The minimum absolute atomic E-state index is 0.232. The van der Waals surface area contributed by atoms with E-state index in [1.165, 1.54) is 0 Å². The van der Waals surface area contributed by atoms with Crippen molar-refractivity contribution in [3.63, 3.8) is 0 Å². The molecule has 0 aliphatic carbocycles. The molecule has 5 nitrogen and oxygen atoms in total. The van der Waals surface area contributed by atoms with Gasteiger partial charge in [0.05, 0.1) is 16.9 Å². The smallest absolute Gasteiger partial charge is 0.337 e. The lowest BCUT2D eigenvalue weighted by atomic mass is 10.1. The number of benzene rings is 1. The van der Waals surface area contributed by atoms with Gasteiger partial charge in [0, 0.05) is 18.6 Å². The molecule has 1 aromatic carbocycles. The Bertz CT molecular complexity index is 755. The molecule has 2 heterocycles. The second-order valence-electron chi connectivity index (χ2n) is 4.78. The SMILES string of the molecule is O=C(O)c1ccccc1NC(c1ccccn1)n1cccc1. The fourth-order valence-electron chi connectivity index (χ4n) is 2.30. The van der Waals surface area contributed by atoms with Gasteiger partial charge in [-0.2, -0.15) is 0 Å². The Kier molecular flexibility index (Phi) is 3.87. The Balaban J connectivity index is 2.00. The minimum atomic E-state index is -0.963. The van der Waals surface area contributed by atoms with Crippen molar-refractivity contribution >= 4 is 11.7 Å². The van der Waals surface area contributed by atoms with Crippen molar-refractivity contribution in [2.45, 2.75) is 6.17 Å². The number of hydrogen-bond donors (Lipinski definition) is 2. The zero-order chi connectivity index (χ0) is 15.4. The van der Waals surface area contributed by atoms with Crippen LogP contribution in [0.4, 0.5) is 5.69 Å². The highest BCUT2D eigenvalue weighted by Crippen LogP contribution is 2.23. The van der Waals surface area contributed by atoms with Crippen molar-refractivity contribution in [3.05, 3.63) is 84.4 Å². The number of nitrogens with one attached hydrogen (secondary N) is 1. The van der Waals surface area contributed by atoms with Crippen LogP contribution in [0, 0.1) is 0 Å². The van der Waals surface area contributed by atoms with E-state index in [-0.39, 0.29) is 11.7 Å². The first-order valence-electron chi connectivity index (χ1n) is 6.88. The third-order valence-corrected chi connectivity index (χ3v) is 3.34. The highest BCUT2D eigenvalue weighted by atomic mass is 16.4.